The molecule has 0 aliphatic carbocycles. The molecule has 0 saturated carbocycles. The van der Waals surface area contributed by atoms with Gasteiger partial charge in [0.05, 0.1) is 5.56 Å². The van der Waals surface area contributed by atoms with E-state index in [9.17, 15) is 18.4 Å². The number of halogens is 2. The molecule has 0 atom stereocenters. The Morgan fingerprint density at radius 3 is 2.35 bits per heavy atom. The van der Waals surface area contributed by atoms with E-state index in [1.54, 1.807) is 11.0 Å². The van der Waals surface area contributed by atoms with E-state index >= 15 is 0 Å². The van der Waals surface area contributed by atoms with Gasteiger partial charge in [0, 0.05) is 33.3 Å². The summed E-state index contributed by atoms with van der Waals surface area (Å²) in [4.78, 5) is 27.3. The number of alkyl halides is 2. The molecule has 8 heteroatoms. The Morgan fingerprint density at radius 2 is 1.74 bits per heavy atom. The quantitative estimate of drug-likeness (QED) is 0.815. The number of carbonyl (C=O) groups excluding carboxylic acids is 2. The molecule has 1 fully saturated rings. The fraction of sp³-hybridized carbons (Fsp3) is 0.467. The fourth-order valence-corrected chi connectivity index (χ4v) is 2.39. The van der Waals surface area contributed by atoms with Crippen molar-refractivity contribution in [2.24, 2.45) is 0 Å². The Bertz CT molecular complexity index is 560. The average molecular weight is 328 g/mol. The lowest BCUT2D eigenvalue weighted by Crippen LogP contribution is -2.51. The van der Waals surface area contributed by atoms with Gasteiger partial charge in [-0.15, -0.1) is 0 Å². The van der Waals surface area contributed by atoms with Crippen molar-refractivity contribution >= 4 is 11.8 Å². The molecule has 0 aromatic heterocycles. The minimum absolute atomic E-state index is 0.000984. The maximum absolute atomic E-state index is 12.5. The Kier molecular flexibility index (Phi) is 5.86. The van der Waals surface area contributed by atoms with Gasteiger partial charge in [0.1, 0.15) is 12.4 Å². The van der Waals surface area contributed by atoms with Crippen LogP contribution >= 0.6 is 0 Å². The Labute approximate surface area is 132 Å². The predicted octanol–water partition coefficient (Wildman–Crippen LogP) is 1.22. The van der Waals surface area contributed by atoms with E-state index in [1.807, 2.05) is 0 Å². The highest BCUT2D eigenvalue weighted by molar-refractivity contribution is 5.97. The summed E-state index contributed by atoms with van der Waals surface area (Å²) in [5, 5.41) is 0. The van der Waals surface area contributed by atoms with Crippen LogP contribution in [0.2, 0.25) is 0 Å². The third-order valence-electron chi connectivity index (χ3n) is 3.52. The molecule has 0 bridgehead atoms. The van der Waals surface area contributed by atoms with Crippen molar-refractivity contribution in [2.45, 2.75) is 6.61 Å². The molecule has 0 spiro atoms. The molecule has 23 heavy (non-hydrogen) atoms. The molecule has 126 valence electrons. The van der Waals surface area contributed by atoms with Gasteiger partial charge in [-0.2, -0.15) is 8.78 Å². The molecule has 0 unspecified atom stereocenters. The van der Waals surface area contributed by atoms with Gasteiger partial charge in [-0.3, -0.25) is 9.59 Å². The first-order valence-electron chi connectivity index (χ1n) is 7.12. The van der Waals surface area contributed by atoms with Gasteiger partial charge in [-0.1, -0.05) is 12.1 Å². The summed E-state index contributed by atoms with van der Waals surface area (Å²) in [6.45, 7) is -1.57. The number of benzene rings is 1. The van der Waals surface area contributed by atoms with Gasteiger partial charge in [0.25, 0.3) is 5.91 Å². The second kappa shape index (κ2) is 7.87. The van der Waals surface area contributed by atoms with Crippen LogP contribution in [0.25, 0.3) is 0 Å². The predicted molar refractivity (Wildman–Crippen MR) is 77.4 cm³/mol. The number of para-hydroxylation sites is 1. The van der Waals surface area contributed by atoms with Crippen molar-refractivity contribution in [2.75, 3.05) is 39.9 Å². The highest BCUT2D eigenvalue weighted by atomic mass is 19.3. The monoisotopic (exact) mass is 328 g/mol. The highest BCUT2D eigenvalue weighted by Crippen LogP contribution is 2.22. The lowest BCUT2D eigenvalue weighted by Gasteiger charge is -2.34. The van der Waals surface area contributed by atoms with Crippen LogP contribution in [0.1, 0.15) is 10.4 Å². The van der Waals surface area contributed by atoms with Crippen molar-refractivity contribution in [1.29, 1.82) is 0 Å². The number of hydrogen-bond acceptors (Lipinski definition) is 4. The van der Waals surface area contributed by atoms with Crippen LogP contribution in [-0.2, 0) is 9.53 Å². The third kappa shape index (κ3) is 4.38. The standard InChI is InChI=1S/C15H18F2N2O4/c1-22-10-13(20)18-6-8-19(9-7-18)14(21)11-4-2-3-5-12(11)23-15(16)17/h2-5,15H,6-10H2,1H3. The highest BCUT2D eigenvalue weighted by Gasteiger charge is 2.26. The molecule has 1 saturated heterocycles. The zero-order valence-corrected chi connectivity index (χ0v) is 12.7. The van der Waals surface area contributed by atoms with Gasteiger partial charge in [-0.25, -0.2) is 0 Å². The summed E-state index contributed by atoms with van der Waals surface area (Å²) < 4.78 is 34.0. The van der Waals surface area contributed by atoms with Crippen molar-refractivity contribution in [3.8, 4) is 5.75 Å². The number of amides is 2. The lowest BCUT2D eigenvalue weighted by atomic mass is 10.1. The second-order valence-corrected chi connectivity index (χ2v) is 4.98. The summed E-state index contributed by atoms with van der Waals surface area (Å²) in [6, 6.07) is 5.89. The molecular formula is C15H18F2N2O4. The Hall–Kier alpha value is -2.22. The molecule has 2 amide bonds. The summed E-state index contributed by atoms with van der Waals surface area (Å²) in [6.07, 6.45) is 0. The molecule has 1 heterocycles. The smallest absolute Gasteiger partial charge is 0.387 e. The lowest BCUT2D eigenvalue weighted by molar-refractivity contribution is -0.136. The summed E-state index contributed by atoms with van der Waals surface area (Å²) in [5.74, 6) is -0.675. The number of rotatable bonds is 5. The van der Waals surface area contributed by atoms with Gasteiger partial charge in [-0.05, 0) is 12.1 Å². The van der Waals surface area contributed by atoms with E-state index in [2.05, 4.69) is 4.74 Å². The second-order valence-electron chi connectivity index (χ2n) is 4.98. The number of piperazine rings is 1. The molecule has 1 aliphatic rings. The molecule has 6 nitrogen and oxygen atoms in total. The van der Waals surface area contributed by atoms with Crippen molar-refractivity contribution in [3.63, 3.8) is 0 Å². The van der Waals surface area contributed by atoms with E-state index in [0.717, 1.165) is 0 Å². The van der Waals surface area contributed by atoms with Crippen LogP contribution in [0, 0.1) is 0 Å². The maximum Gasteiger partial charge on any atom is 0.387 e. The van der Waals surface area contributed by atoms with Gasteiger partial charge < -0.3 is 19.3 Å². The Balaban J connectivity index is 2.01. The van der Waals surface area contributed by atoms with Crippen molar-refractivity contribution in [1.82, 2.24) is 9.80 Å². The first-order chi connectivity index (χ1) is 11.0. The van der Waals surface area contributed by atoms with Gasteiger partial charge in [0.15, 0.2) is 0 Å². The van der Waals surface area contributed by atoms with Crippen molar-refractivity contribution < 1.29 is 27.8 Å². The third-order valence-corrected chi connectivity index (χ3v) is 3.52. The van der Waals surface area contributed by atoms with Crippen LogP contribution in [0.4, 0.5) is 8.78 Å². The van der Waals surface area contributed by atoms with Crippen LogP contribution in [0.3, 0.4) is 0 Å². The fourth-order valence-electron chi connectivity index (χ4n) is 2.39. The minimum atomic E-state index is -2.99. The number of carbonyl (C=O) groups is 2. The zero-order valence-electron chi connectivity index (χ0n) is 12.7. The van der Waals surface area contributed by atoms with Gasteiger partial charge in [0.2, 0.25) is 5.91 Å². The minimum Gasteiger partial charge on any atom is -0.434 e. The van der Waals surface area contributed by atoms with Crippen molar-refractivity contribution in [3.05, 3.63) is 29.8 Å². The van der Waals surface area contributed by atoms with Crippen LogP contribution < -0.4 is 4.74 Å². The Morgan fingerprint density at radius 1 is 1.13 bits per heavy atom. The molecule has 1 aromatic carbocycles. The van der Waals surface area contributed by atoms with Crippen LogP contribution in [0.5, 0.6) is 5.75 Å². The first-order valence-corrected chi connectivity index (χ1v) is 7.12. The summed E-state index contributed by atoms with van der Waals surface area (Å²) >= 11 is 0. The van der Waals surface area contributed by atoms with Crippen LogP contribution in [-0.4, -0.2) is 68.1 Å². The molecular weight excluding hydrogens is 310 g/mol. The SMILES string of the molecule is COCC(=O)N1CCN(C(=O)c2ccccc2OC(F)F)CC1. The molecule has 2 rings (SSSR count). The number of hydrogen-bond donors (Lipinski definition) is 0. The molecule has 1 aromatic rings. The number of nitrogens with zero attached hydrogens (tertiary/aromatic N) is 2. The zero-order chi connectivity index (χ0) is 16.8. The van der Waals surface area contributed by atoms with E-state index < -0.39 is 6.61 Å². The van der Waals surface area contributed by atoms with Gasteiger partial charge >= 0.3 is 6.61 Å². The topological polar surface area (TPSA) is 59.1 Å². The maximum atomic E-state index is 12.5. The number of methoxy groups -OCH3 is 1. The normalized spacial score (nSPS) is 15.0. The van der Waals surface area contributed by atoms with E-state index in [-0.39, 0.29) is 29.7 Å². The van der Waals surface area contributed by atoms with E-state index in [1.165, 1.54) is 30.2 Å². The van der Waals surface area contributed by atoms with Crippen LogP contribution in [0.15, 0.2) is 24.3 Å². The van der Waals surface area contributed by atoms with E-state index in [4.69, 9.17) is 4.74 Å². The number of ether oxygens (including phenoxy) is 2. The van der Waals surface area contributed by atoms with E-state index in [0.29, 0.717) is 26.2 Å². The first kappa shape index (κ1) is 17.1. The molecule has 1 aliphatic heterocycles. The summed E-state index contributed by atoms with van der Waals surface area (Å²) in [7, 11) is 1.44. The summed E-state index contributed by atoms with van der Waals surface area (Å²) in [5.41, 5.74) is 0.0875. The average Bonchev–Trinajstić information content (AvgIpc) is 2.54. The largest absolute Gasteiger partial charge is 0.434 e. The molecule has 0 N–H and O–H groups in total. The molecule has 0 radical (unpaired) electrons.